The number of guanidine groups is 1. The number of rotatable bonds is 8. The fraction of sp³-hybridized carbons (Fsp3) is 0.522. The second kappa shape index (κ2) is 10.1. The highest BCUT2D eigenvalue weighted by Crippen LogP contribution is 2.26. The third-order valence-electron chi connectivity index (χ3n) is 5.60. The van der Waals surface area contributed by atoms with Crippen molar-refractivity contribution in [3.63, 3.8) is 0 Å². The van der Waals surface area contributed by atoms with E-state index in [1.807, 2.05) is 18.4 Å². The first-order valence-electron chi connectivity index (χ1n) is 10.3. The van der Waals surface area contributed by atoms with Crippen LogP contribution in [-0.2, 0) is 11.8 Å². The molecule has 0 bridgehead atoms. The minimum Gasteiger partial charge on any atom is -0.356 e. The number of nitrogens with one attached hydrogen (secondary N) is 2. The molecule has 1 aromatic heterocycles. The largest absolute Gasteiger partial charge is 0.356 e. The zero-order valence-corrected chi connectivity index (χ0v) is 18.3. The van der Waals surface area contributed by atoms with Crippen molar-refractivity contribution in [1.82, 2.24) is 15.5 Å². The Kier molecular flexibility index (Phi) is 7.51. The highest BCUT2D eigenvalue weighted by Gasteiger charge is 2.24. The van der Waals surface area contributed by atoms with Crippen LogP contribution in [0.25, 0.3) is 0 Å². The minimum absolute atomic E-state index is 0.105. The molecule has 1 unspecified atom stereocenters. The number of aliphatic imine (C=N–C) groups is 1. The Morgan fingerprint density at radius 3 is 2.71 bits per heavy atom. The second-order valence-corrected chi connectivity index (χ2v) is 9.31. The predicted octanol–water partition coefficient (Wildman–Crippen LogP) is 3.76. The van der Waals surface area contributed by atoms with Crippen LogP contribution in [-0.4, -0.2) is 50.6 Å². The van der Waals surface area contributed by atoms with Crippen molar-refractivity contribution in [2.45, 2.75) is 32.1 Å². The lowest BCUT2D eigenvalue weighted by Crippen LogP contribution is -2.44. The summed E-state index contributed by atoms with van der Waals surface area (Å²) in [6.07, 6.45) is 2.40. The molecule has 152 valence electrons. The van der Waals surface area contributed by atoms with Crippen LogP contribution < -0.4 is 10.6 Å². The molecule has 2 aromatic rings. The van der Waals surface area contributed by atoms with Crippen LogP contribution in [0.5, 0.6) is 0 Å². The van der Waals surface area contributed by atoms with Gasteiger partial charge in [0.25, 0.3) is 0 Å². The molecule has 0 spiro atoms. The number of nitrogens with zero attached hydrogens (tertiary/aromatic N) is 2. The van der Waals surface area contributed by atoms with E-state index < -0.39 is 0 Å². The molecule has 1 atom stereocenters. The summed E-state index contributed by atoms with van der Waals surface area (Å²) in [6, 6.07) is 15.1. The van der Waals surface area contributed by atoms with E-state index in [0.29, 0.717) is 5.92 Å². The maximum atomic E-state index is 4.41. The van der Waals surface area contributed by atoms with Gasteiger partial charge in [-0.1, -0.05) is 50.2 Å². The van der Waals surface area contributed by atoms with E-state index >= 15 is 0 Å². The Hall–Kier alpha value is -1.85. The lowest BCUT2D eigenvalue weighted by molar-refractivity contribution is 0.328. The monoisotopic (exact) mass is 398 g/mol. The first-order chi connectivity index (χ1) is 13.6. The van der Waals surface area contributed by atoms with Gasteiger partial charge in [-0.2, -0.15) is 0 Å². The predicted molar refractivity (Wildman–Crippen MR) is 121 cm³/mol. The van der Waals surface area contributed by atoms with Crippen LogP contribution in [0.2, 0.25) is 0 Å². The Morgan fingerprint density at radius 1 is 1.18 bits per heavy atom. The molecule has 1 saturated heterocycles. The van der Waals surface area contributed by atoms with E-state index in [-0.39, 0.29) is 5.41 Å². The molecule has 5 heteroatoms. The van der Waals surface area contributed by atoms with Gasteiger partial charge in [-0.3, -0.25) is 4.99 Å². The zero-order valence-electron chi connectivity index (χ0n) is 17.4. The molecular formula is C23H34N4S. The number of thiophene rings is 1. The average Bonchev–Trinajstić information content (AvgIpc) is 3.40. The van der Waals surface area contributed by atoms with Crippen LogP contribution in [0.4, 0.5) is 0 Å². The maximum absolute atomic E-state index is 4.41. The van der Waals surface area contributed by atoms with Crippen molar-refractivity contribution in [2.75, 3.05) is 39.8 Å². The molecule has 1 fully saturated rings. The Balaban J connectivity index is 1.37. The quantitative estimate of drug-likeness (QED) is 0.525. The maximum Gasteiger partial charge on any atom is 0.191 e. The molecule has 2 N–H and O–H groups in total. The van der Waals surface area contributed by atoms with Gasteiger partial charge in [0, 0.05) is 43.5 Å². The highest BCUT2D eigenvalue weighted by atomic mass is 32.1. The summed E-state index contributed by atoms with van der Waals surface area (Å²) in [5.41, 5.74) is 1.54. The summed E-state index contributed by atoms with van der Waals surface area (Å²) in [5, 5.41) is 9.20. The van der Waals surface area contributed by atoms with Gasteiger partial charge in [0.15, 0.2) is 5.96 Å². The molecule has 1 aliphatic rings. The first kappa shape index (κ1) is 20.9. The molecular weight excluding hydrogens is 364 g/mol. The van der Waals surface area contributed by atoms with Gasteiger partial charge in [-0.15, -0.1) is 11.3 Å². The summed E-state index contributed by atoms with van der Waals surface area (Å²) < 4.78 is 0. The molecule has 0 aliphatic carbocycles. The molecule has 1 aliphatic heterocycles. The zero-order chi connectivity index (χ0) is 19.8. The van der Waals surface area contributed by atoms with Crippen molar-refractivity contribution < 1.29 is 0 Å². The third-order valence-corrected chi connectivity index (χ3v) is 6.83. The molecule has 0 amide bonds. The van der Waals surface area contributed by atoms with Gasteiger partial charge >= 0.3 is 0 Å². The summed E-state index contributed by atoms with van der Waals surface area (Å²) >= 11 is 1.82. The number of benzene rings is 1. The van der Waals surface area contributed by atoms with Crippen LogP contribution in [0, 0.1) is 5.92 Å². The van der Waals surface area contributed by atoms with Crippen molar-refractivity contribution in [2.24, 2.45) is 10.9 Å². The van der Waals surface area contributed by atoms with E-state index in [4.69, 9.17) is 0 Å². The highest BCUT2D eigenvalue weighted by molar-refractivity contribution is 7.10. The SMILES string of the molecule is CN=C(NCC1CCN(CCc2ccccc2)C1)NCC(C)(C)c1cccs1. The van der Waals surface area contributed by atoms with Gasteiger partial charge in [0.2, 0.25) is 0 Å². The van der Waals surface area contributed by atoms with E-state index in [2.05, 4.69) is 82.2 Å². The van der Waals surface area contributed by atoms with Gasteiger partial charge in [-0.25, -0.2) is 0 Å². The van der Waals surface area contributed by atoms with Gasteiger partial charge in [0.05, 0.1) is 0 Å². The number of likely N-dealkylation sites (tertiary alicyclic amines) is 1. The van der Waals surface area contributed by atoms with Gasteiger partial charge < -0.3 is 15.5 Å². The topological polar surface area (TPSA) is 39.7 Å². The van der Waals surface area contributed by atoms with Crippen molar-refractivity contribution >= 4 is 17.3 Å². The van der Waals surface area contributed by atoms with Gasteiger partial charge in [-0.05, 0) is 42.3 Å². The van der Waals surface area contributed by atoms with Crippen LogP contribution >= 0.6 is 11.3 Å². The Bertz CT molecular complexity index is 724. The van der Waals surface area contributed by atoms with Crippen LogP contribution in [0.3, 0.4) is 0 Å². The van der Waals surface area contributed by atoms with Crippen LogP contribution in [0.15, 0.2) is 52.8 Å². The normalized spacial score (nSPS) is 18.4. The lowest BCUT2D eigenvalue weighted by atomic mass is 9.91. The standard InChI is InChI=1S/C23H34N4S/c1-23(2,21-10-7-15-28-21)18-26-22(24-3)25-16-20-12-14-27(17-20)13-11-19-8-5-4-6-9-19/h4-10,15,20H,11-14,16-18H2,1-3H3,(H2,24,25,26). The summed E-state index contributed by atoms with van der Waals surface area (Å²) in [7, 11) is 1.86. The van der Waals surface area contributed by atoms with Crippen LogP contribution in [0.1, 0.15) is 30.7 Å². The molecule has 4 nitrogen and oxygen atoms in total. The van der Waals surface area contributed by atoms with E-state index in [0.717, 1.165) is 32.0 Å². The average molecular weight is 399 g/mol. The molecule has 3 rings (SSSR count). The van der Waals surface area contributed by atoms with E-state index in [1.165, 1.54) is 30.0 Å². The summed E-state index contributed by atoms with van der Waals surface area (Å²) in [4.78, 5) is 8.41. The Labute approximate surface area is 174 Å². The van der Waals surface area contributed by atoms with Crippen molar-refractivity contribution in [1.29, 1.82) is 0 Å². The summed E-state index contributed by atoms with van der Waals surface area (Å²) in [6.45, 7) is 9.96. The fourth-order valence-corrected chi connectivity index (χ4v) is 4.58. The minimum atomic E-state index is 0.105. The van der Waals surface area contributed by atoms with Gasteiger partial charge in [0.1, 0.15) is 0 Å². The van der Waals surface area contributed by atoms with E-state index in [1.54, 1.807) is 0 Å². The smallest absolute Gasteiger partial charge is 0.191 e. The first-order valence-corrected chi connectivity index (χ1v) is 11.2. The third kappa shape index (κ3) is 6.08. The molecule has 28 heavy (non-hydrogen) atoms. The van der Waals surface area contributed by atoms with Crippen molar-refractivity contribution in [3.05, 3.63) is 58.3 Å². The molecule has 1 aromatic carbocycles. The number of hydrogen-bond donors (Lipinski definition) is 2. The van der Waals surface area contributed by atoms with Crippen molar-refractivity contribution in [3.8, 4) is 0 Å². The lowest BCUT2D eigenvalue weighted by Gasteiger charge is -2.25. The Morgan fingerprint density at radius 2 is 2.00 bits per heavy atom. The molecule has 2 heterocycles. The molecule has 0 saturated carbocycles. The number of hydrogen-bond acceptors (Lipinski definition) is 3. The summed E-state index contributed by atoms with van der Waals surface area (Å²) in [5.74, 6) is 1.60. The molecule has 0 radical (unpaired) electrons. The fourth-order valence-electron chi connectivity index (χ4n) is 3.73. The van der Waals surface area contributed by atoms with E-state index in [9.17, 15) is 0 Å². The second-order valence-electron chi connectivity index (χ2n) is 8.36.